The third-order valence-corrected chi connectivity index (χ3v) is 3.52. The van der Waals surface area contributed by atoms with Gasteiger partial charge in [0.25, 0.3) is 5.91 Å². The molecule has 0 unspecified atom stereocenters. The molecule has 2 atom stereocenters. The Bertz CT molecular complexity index is 510. The molecule has 1 aromatic rings. The number of carbonyl (C=O) groups is 2. The first-order chi connectivity index (χ1) is 8.58. The lowest BCUT2D eigenvalue weighted by atomic mass is 10.2. The van der Waals surface area contributed by atoms with Gasteiger partial charge in [0.1, 0.15) is 6.04 Å². The Morgan fingerprint density at radius 1 is 1.33 bits per heavy atom. The molecule has 0 bridgehead atoms. The van der Waals surface area contributed by atoms with E-state index in [1.165, 1.54) is 4.90 Å². The van der Waals surface area contributed by atoms with Crippen molar-refractivity contribution in [3.8, 4) is 0 Å². The number of aliphatic hydroxyl groups excluding tert-OH is 1. The van der Waals surface area contributed by atoms with E-state index in [4.69, 9.17) is 11.6 Å². The van der Waals surface area contributed by atoms with Gasteiger partial charge in [-0.05, 0) is 18.2 Å². The first-order valence-corrected chi connectivity index (χ1v) is 6.04. The summed E-state index contributed by atoms with van der Waals surface area (Å²) in [7, 11) is 0. The zero-order valence-corrected chi connectivity index (χ0v) is 10.2. The van der Waals surface area contributed by atoms with Gasteiger partial charge in [-0.25, -0.2) is 9.69 Å². The maximum atomic E-state index is 12.2. The van der Waals surface area contributed by atoms with Crippen LogP contribution in [0.4, 0.5) is 10.5 Å². The highest BCUT2D eigenvalue weighted by Crippen LogP contribution is 2.32. The van der Waals surface area contributed by atoms with Gasteiger partial charge in [0.15, 0.2) is 0 Å². The summed E-state index contributed by atoms with van der Waals surface area (Å²) in [6.45, 7) is 0.215. The highest BCUT2D eigenvalue weighted by atomic mass is 35.5. The van der Waals surface area contributed by atoms with Crippen LogP contribution in [0.5, 0.6) is 0 Å². The van der Waals surface area contributed by atoms with Crippen molar-refractivity contribution in [1.82, 2.24) is 4.90 Å². The predicted molar refractivity (Wildman–Crippen MR) is 65.5 cm³/mol. The number of carbonyl (C=O) groups excluding carboxylic acids is 2. The lowest BCUT2D eigenvalue weighted by Gasteiger charge is -2.16. The van der Waals surface area contributed by atoms with Crippen LogP contribution in [0.25, 0.3) is 0 Å². The van der Waals surface area contributed by atoms with Gasteiger partial charge in [0.2, 0.25) is 0 Å². The van der Waals surface area contributed by atoms with Crippen molar-refractivity contribution in [2.75, 3.05) is 11.4 Å². The van der Waals surface area contributed by atoms with Gasteiger partial charge in [0, 0.05) is 18.0 Å². The number of aliphatic hydroxyl groups is 1. The van der Waals surface area contributed by atoms with E-state index in [-0.39, 0.29) is 18.5 Å². The van der Waals surface area contributed by atoms with Gasteiger partial charge >= 0.3 is 6.03 Å². The highest BCUT2D eigenvalue weighted by molar-refractivity contribution is 6.31. The monoisotopic (exact) mass is 266 g/mol. The summed E-state index contributed by atoms with van der Waals surface area (Å²) in [5, 5.41) is 9.96. The van der Waals surface area contributed by atoms with Crippen LogP contribution in [-0.2, 0) is 4.79 Å². The molecule has 6 heteroatoms. The van der Waals surface area contributed by atoms with E-state index in [2.05, 4.69) is 0 Å². The summed E-state index contributed by atoms with van der Waals surface area (Å²) in [5.41, 5.74) is 0.474. The van der Waals surface area contributed by atoms with Gasteiger partial charge in [-0.1, -0.05) is 17.7 Å². The van der Waals surface area contributed by atoms with Gasteiger partial charge in [-0.2, -0.15) is 0 Å². The molecular weight excluding hydrogens is 256 g/mol. The Hall–Kier alpha value is -1.59. The fourth-order valence-corrected chi connectivity index (χ4v) is 2.67. The van der Waals surface area contributed by atoms with Gasteiger partial charge < -0.3 is 10.0 Å². The summed E-state index contributed by atoms with van der Waals surface area (Å²) in [5.74, 6) is -0.293. The molecule has 2 heterocycles. The van der Waals surface area contributed by atoms with Crippen molar-refractivity contribution in [2.24, 2.45) is 0 Å². The van der Waals surface area contributed by atoms with Crippen molar-refractivity contribution in [1.29, 1.82) is 0 Å². The second-order valence-electron chi connectivity index (χ2n) is 4.49. The molecule has 2 fully saturated rings. The minimum absolute atomic E-state index is 0.215. The maximum Gasteiger partial charge on any atom is 0.332 e. The van der Waals surface area contributed by atoms with Gasteiger partial charge in [-0.15, -0.1) is 0 Å². The lowest BCUT2D eigenvalue weighted by molar-refractivity contribution is -0.119. The largest absolute Gasteiger partial charge is 0.391 e. The molecule has 94 valence electrons. The van der Waals surface area contributed by atoms with Gasteiger partial charge in [-0.3, -0.25) is 4.79 Å². The Morgan fingerprint density at radius 2 is 2.11 bits per heavy atom. The molecule has 0 spiro atoms. The molecule has 18 heavy (non-hydrogen) atoms. The number of imide groups is 1. The molecule has 1 N–H and O–H groups in total. The first kappa shape index (κ1) is 11.5. The highest BCUT2D eigenvalue weighted by Gasteiger charge is 2.50. The van der Waals surface area contributed by atoms with Gasteiger partial charge in [0.05, 0.1) is 11.8 Å². The SMILES string of the molecule is O=C1[C@H]2C[C@@H](O)CN2C(=O)N1c1cccc(Cl)c1. The Kier molecular flexibility index (Phi) is 2.53. The van der Waals surface area contributed by atoms with E-state index in [0.29, 0.717) is 17.1 Å². The molecular formula is C12H11ClN2O3. The van der Waals surface area contributed by atoms with Crippen LogP contribution in [0.1, 0.15) is 6.42 Å². The fraction of sp³-hybridized carbons (Fsp3) is 0.333. The number of benzene rings is 1. The number of amides is 3. The minimum Gasteiger partial charge on any atom is -0.391 e. The summed E-state index contributed by atoms with van der Waals surface area (Å²) in [6.07, 6.45) is -0.300. The zero-order valence-electron chi connectivity index (χ0n) is 9.41. The standard InChI is InChI=1S/C12H11ClN2O3/c13-7-2-1-3-8(4-7)15-11(17)10-5-9(16)6-14(10)12(15)18/h1-4,9-10,16H,5-6H2/t9-,10-/m1/s1. The number of fused-ring (bicyclic) bond motifs is 1. The second-order valence-corrected chi connectivity index (χ2v) is 4.93. The van der Waals surface area contributed by atoms with Crippen LogP contribution < -0.4 is 4.90 Å². The van der Waals surface area contributed by atoms with E-state index in [1.807, 2.05) is 0 Å². The molecule has 2 aliphatic heterocycles. The van der Waals surface area contributed by atoms with E-state index >= 15 is 0 Å². The number of hydrogen-bond donors (Lipinski definition) is 1. The molecule has 3 amide bonds. The molecule has 5 nitrogen and oxygen atoms in total. The van der Waals surface area contributed by atoms with Crippen molar-refractivity contribution in [3.05, 3.63) is 29.3 Å². The van der Waals surface area contributed by atoms with E-state index in [9.17, 15) is 14.7 Å². The van der Waals surface area contributed by atoms with E-state index in [1.54, 1.807) is 24.3 Å². The zero-order chi connectivity index (χ0) is 12.9. The third-order valence-electron chi connectivity index (χ3n) is 3.29. The number of halogens is 1. The molecule has 3 rings (SSSR count). The molecule has 1 aromatic carbocycles. The molecule has 2 saturated heterocycles. The first-order valence-electron chi connectivity index (χ1n) is 5.66. The lowest BCUT2D eigenvalue weighted by Crippen LogP contribution is -2.35. The molecule has 0 saturated carbocycles. The normalized spacial score (nSPS) is 27.0. The molecule has 0 aliphatic carbocycles. The van der Waals surface area contributed by atoms with Crippen LogP contribution in [-0.4, -0.2) is 40.6 Å². The number of urea groups is 1. The van der Waals surface area contributed by atoms with E-state index < -0.39 is 12.1 Å². The third kappa shape index (κ3) is 1.59. The smallest absolute Gasteiger partial charge is 0.332 e. The van der Waals surface area contributed by atoms with E-state index in [0.717, 1.165) is 4.90 Å². The second kappa shape index (κ2) is 3.96. The minimum atomic E-state index is -0.607. The summed E-state index contributed by atoms with van der Waals surface area (Å²) >= 11 is 5.86. The topological polar surface area (TPSA) is 60.9 Å². The molecule has 2 aliphatic rings. The van der Waals surface area contributed by atoms with Crippen LogP contribution in [0.2, 0.25) is 5.02 Å². The quantitative estimate of drug-likeness (QED) is 0.778. The maximum absolute atomic E-state index is 12.2. The van der Waals surface area contributed by atoms with Crippen LogP contribution in [0.15, 0.2) is 24.3 Å². The molecule has 0 radical (unpaired) electrons. The average molecular weight is 267 g/mol. The average Bonchev–Trinajstić information content (AvgIpc) is 2.79. The number of nitrogens with zero attached hydrogens (tertiary/aromatic N) is 2. The Labute approximate surface area is 109 Å². The summed E-state index contributed by atoms with van der Waals surface area (Å²) in [4.78, 5) is 26.8. The van der Waals surface area contributed by atoms with Crippen molar-refractivity contribution < 1.29 is 14.7 Å². The summed E-state index contributed by atoms with van der Waals surface area (Å²) < 4.78 is 0. The van der Waals surface area contributed by atoms with Crippen molar-refractivity contribution >= 4 is 29.2 Å². The summed E-state index contributed by atoms with van der Waals surface area (Å²) in [6, 6.07) is 5.70. The number of rotatable bonds is 1. The fourth-order valence-electron chi connectivity index (χ4n) is 2.48. The van der Waals surface area contributed by atoms with Crippen LogP contribution in [0, 0.1) is 0 Å². The van der Waals surface area contributed by atoms with Crippen LogP contribution in [0.3, 0.4) is 0 Å². The Balaban J connectivity index is 1.96. The van der Waals surface area contributed by atoms with Crippen molar-refractivity contribution in [3.63, 3.8) is 0 Å². The molecule has 0 aromatic heterocycles. The van der Waals surface area contributed by atoms with Crippen molar-refractivity contribution in [2.45, 2.75) is 18.6 Å². The number of hydrogen-bond acceptors (Lipinski definition) is 3. The van der Waals surface area contributed by atoms with Crippen LogP contribution >= 0.6 is 11.6 Å². The predicted octanol–water partition coefficient (Wildman–Crippen LogP) is 1.24. The Morgan fingerprint density at radius 3 is 2.78 bits per heavy atom. The number of anilines is 1.